The van der Waals surface area contributed by atoms with Crippen molar-refractivity contribution in [3.63, 3.8) is 0 Å². The van der Waals surface area contributed by atoms with Crippen molar-refractivity contribution < 1.29 is 13.2 Å². The molecule has 1 atom stereocenters. The van der Waals surface area contributed by atoms with Gasteiger partial charge in [-0.2, -0.15) is 17.4 Å². The smallest absolute Gasteiger partial charge is 0.280 e. The van der Waals surface area contributed by atoms with Gasteiger partial charge < -0.3 is 4.74 Å². The Bertz CT molecular complexity index is 514. The van der Waals surface area contributed by atoms with Crippen LogP contribution in [0, 0.1) is 0 Å². The Morgan fingerprint density at radius 1 is 1.29 bits per heavy atom. The number of rotatable bonds is 6. The highest BCUT2D eigenvalue weighted by Crippen LogP contribution is 2.16. The summed E-state index contributed by atoms with van der Waals surface area (Å²) in [6.07, 6.45) is 5.67. The summed E-state index contributed by atoms with van der Waals surface area (Å²) in [6.45, 7) is 1.42. The van der Waals surface area contributed by atoms with Gasteiger partial charge in [0.2, 0.25) is 0 Å². The van der Waals surface area contributed by atoms with Crippen LogP contribution in [0.15, 0.2) is 24.4 Å². The highest BCUT2D eigenvalue weighted by atomic mass is 32.2. The van der Waals surface area contributed by atoms with E-state index < -0.39 is 16.3 Å². The minimum absolute atomic E-state index is 0.254. The standard InChI is InChI=1S/C14H23N3O3S/c1-20-12-14(13-8-4-5-9-15-13)16-21(18,19)17-10-6-2-3-7-11-17/h4-5,8-9,14,16H,2-3,6-7,10-12H2,1H3/t14-/m0/s1. The fraction of sp³-hybridized carbons (Fsp3) is 0.643. The van der Waals surface area contributed by atoms with E-state index in [9.17, 15) is 8.42 Å². The van der Waals surface area contributed by atoms with Gasteiger partial charge in [-0.05, 0) is 25.0 Å². The fourth-order valence-corrected chi connectivity index (χ4v) is 3.90. The Kier molecular flexibility index (Phi) is 6.10. The monoisotopic (exact) mass is 313 g/mol. The second kappa shape index (κ2) is 7.84. The zero-order valence-corrected chi connectivity index (χ0v) is 13.2. The van der Waals surface area contributed by atoms with Gasteiger partial charge in [-0.3, -0.25) is 4.98 Å². The molecule has 1 aromatic rings. The van der Waals surface area contributed by atoms with Gasteiger partial charge in [-0.25, -0.2) is 0 Å². The average Bonchev–Trinajstić information content (AvgIpc) is 2.77. The minimum Gasteiger partial charge on any atom is -0.383 e. The zero-order valence-electron chi connectivity index (χ0n) is 12.4. The lowest BCUT2D eigenvalue weighted by Crippen LogP contribution is -2.44. The maximum atomic E-state index is 12.5. The lowest BCUT2D eigenvalue weighted by Gasteiger charge is -2.24. The number of nitrogens with one attached hydrogen (secondary N) is 1. The number of aromatic nitrogens is 1. The summed E-state index contributed by atoms with van der Waals surface area (Å²) >= 11 is 0. The van der Waals surface area contributed by atoms with E-state index >= 15 is 0 Å². The summed E-state index contributed by atoms with van der Waals surface area (Å²) in [7, 11) is -1.96. The van der Waals surface area contributed by atoms with Gasteiger partial charge in [0.1, 0.15) is 0 Å². The molecule has 7 heteroatoms. The molecule has 1 aromatic heterocycles. The summed E-state index contributed by atoms with van der Waals surface area (Å²) in [5, 5.41) is 0. The molecule has 1 N–H and O–H groups in total. The summed E-state index contributed by atoms with van der Waals surface area (Å²) in [6, 6.07) is 4.97. The van der Waals surface area contributed by atoms with Crippen LogP contribution in [-0.4, -0.2) is 44.5 Å². The number of hydrogen-bond acceptors (Lipinski definition) is 4. The summed E-state index contributed by atoms with van der Waals surface area (Å²) in [5.41, 5.74) is 0.665. The predicted molar refractivity (Wildman–Crippen MR) is 81.0 cm³/mol. The molecular weight excluding hydrogens is 290 g/mol. The second-order valence-corrected chi connectivity index (χ2v) is 6.90. The van der Waals surface area contributed by atoms with E-state index in [-0.39, 0.29) is 6.61 Å². The van der Waals surface area contributed by atoms with E-state index in [1.807, 2.05) is 6.07 Å². The molecule has 0 aromatic carbocycles. The molecule has 1 fully saturated rings. The molecule has 0 bridgehead atoms. The van der Waals surface area contributed by atoms with Gasteiger partial charge in [-0.15, -0.1) is 0 Å². The summed E-state index contributed by atoms with van der Waals surface area (Å²) < 4.78 is 34.4. The summed E-state index contributed by atoms with van der Waals surface area (Å²) in [5.74, 6) is 0. The van der Waals surface area contributed by atoms with Crippen molar-refractivity contribution >= 4 is 10.2 Å². The molecule has 2 rings (SSSR count). The molecule has 0 unspecified atom stereocenters. The highest BCUT2D eigenvalue weighted by Gasteiger charge is 2.27. The van der Waals surface area contributed by atoms with E-state index in [0.29, 0.717) is 18.8 Å². The van der Waals surface area contributed by atoms with Crippen LogP contribution >= 0.6 is 0 Å². The van der Waals surface area contributed by atoms with Gasteiger partial charge in [-0.1, -0.05) is 18.9 Å². The third-order valence-electron chi connectivity index (χ3n) is 3.57. The van der Waals surface area contributed by atoms with Crippen LogP contribution in [0.2, 0.25) is 0 Å². The first kappa shape index (κ1) is 16.4. The van der Waals surface area contributed by atoms with Crippen LogP contribution in [0.5, 0.6) is 0 Å². The fourth-order valence-electron chi connectivity index (χ4n) is 2.46. The first-order chi connectivity index (χ1) is 10.1. The van der Waals surface area contributed by atoms with Crippen LogP contribution < -0.4 is 4.72 Å². The van der Waals surface area contributed by atoms with Crippen molar-refractivity contribution in [2.45, 2.75) is 31.7 Å². The molecule has 0 amide bonds. The van der Waals surface area contributed by atoms with E-state index in [0.717, 1.165) is 25.7 Å². The van der Waals surface area contributed by atoms with Crippen LogP contribution in [0.4, 0.5) is 0 Å². The number of methoxy groups -OCH3 is 1. The van der Waals surface area contributed by atoms with E-state index in [1.54, 1.807) is 25.4 Å². The Morgan fingerprint density at radius 3 is 2.57 bits per heavy atom. The quantitative estimate of drug-likeness (QED) is 0.863. The van der Waals surface area contributed by atoms with Crippen molar-refractivity contribution in [3.05, 3.63) is 30.1 Å². The molecule has 1 aliphatic rings. The molecule has 0 saturated carbocycles. The molecule has 0 radical (unpaired) electrons. The number of pyridine rings is 1. The molecule has 0 spiro atoms. The van der Waals surface area contributed by atoms with Crippen molar-refractivity contribution in [3.8, 4) is 0 Å². The molecule has 2 heterocycles. The normalized spacial score (nSPS) is 19.1. The second-order valence-electron chi connectivity index (χ2n) is 5.20. The van der Waals surface area contributed by atoms with Crippen molar-refractivity contribution in [2.24, 2.45) is 0 Å². The largest absolute Gasteiger partial charge is 0.383 e. The molecule has 118 valence electrons. The minimum atomic E-state index is -3.51. The van der Waals surface area contributed by atoms with Gasteiger partial charge in [0.15, 0.2) is 0 Å². The Balaban J connectivity index is 2.11. The topological polar surface area (TPSA) is 71.5 Å². The Labute approximate surface area is 126 Å². The van der Waals surface area contributed by atoms with Crippen LogP contribution in [0.3, 0.4) is 0 Å². The van der Waals surface area contributed by atoms with E-state index in [4.69, 9.17) is 4.74 Å². The van der Waals surface area contributed by atoms with Crippen LogP contribution in [-0.2, 0) is 14.9 Å². The average molecular weight is 313 g/mol. The first-order valence-corrected chi connectivity index (χ1v) is 8.75. The lowest BCUT2D eigenvalue weighted by atomic mass is 10.2. The molecule has 1 saturated heterocycles. The summed E-state index contributed by atoms with van der Waals surface area (Å²) in [4.78, 5) is 4.22. The Morgan fingerprint density at radius 2 is 2.00 bits per heavy atom. The van der Waals surface area contributed by atoms with Crippen LogP contribution in [0.1, 0.15) is 37.4 Å². The molecule has 1 aliphatic heterocycles. The molecular formula is C14H23N3O3S. The lowest BCUT2D eigenvalue weighted by molar-refractivity contribution is 0.173. The Hall–Kier alpha value is -1.02. The maximum Gasteiger partial charge on any atom is 0.280 e. The van der Waals surface area contributed by atoms with Gasteiger partial charge in [0, 0.05) is 26.4 Å². The molecule has 6 nitrogen and oxygen atoms in total. The first-order valence-electron chi connectivity index (χ1n) is 7.31. The SMILES string of the molecule is COC[C@H](NS(=O)(=O)N1CCCCCC1)c1ccccn1. The molecule has 21 heavy (non-hydrogen) atoms. The van der Waals surface area contributed by atoms with Crippen molar-refractivity contribution in [1.29, 1.82) is 0 Å². The van der Waals surface area contributed by atoms with Crippen LogP contribution in [0.25, 0.3) is 0 Å². The third-order valence-corrected chi connectivity index (χ3v) is 5.20. The highest BCUT2D eigenvalue weighted by molar-refractivity contribution is 7.87. The van der Waals surface area contributed by atoms with Gasteiger partial charge >= 0.3 is 0 Å². The number of nitrogens with zero attached hydrogens (tertiary/aromatic N) is 2. The maximum absolute atomic E-state index is 12.5. The third kappa shape index (κ3) is 4.74. The van der Waals surface area contributed by atoms with Crippen molar-refractivity contribution in [2.75, 3.05) is 26.8 Å². The van der Waals surface area contributed by atoms with Gasteiger partial charge in [0.25, 0.3) is 10.2 Å². The van der Waals surface area contributed by atoms with E-state index in [1.165, 1.54) is 4.31 Å². The number of hydrogen-bond donors (Lipinski definition) is 1. The van der Waals surface area contributed by atoms with Crippen molar-refractivity contribution in [1.82, 2.24) is 14.0 Å². The molecule has 0 aliphatic carbocycles. The predicted octanol–water partition coefficient (Wildman–Crippen LogP) is 1.48. The van der Waals surface area contributed by atoms with Gasteiger partial charge in [0.05, 0.1) is 18.3 Å². The number of ether oxygens (including phenoxy) is 1. The van der Waals surface area contributed by atoms with E-state index in [2.05, 4.69) is 9.71 Å². The zero-order chi connectivity index (χ0) is 15.1.